The zero-order valence-electron chi connectivity index (χ0n) is 8.13. The van der Waals surface area contributed by atoms with Gasteiger partial charge in [-0.2, -0.15) is 0 Å². The molecule has 1 fully saturated rings. The number of aromatic nitrogens is 2. The van der Waals surface area contributed by atoms with Crippen molar-refractivity contribution in [1.29, 1.82) is 0 Å². The lowest BCUT2D eigenvalue weighted by atomic mass is 10.3. The van der Waals surface area contributed by atoms with Crippen molar-refractivity contribution in [2.75, 3.05) is 11.4 Å². The zero-order valence-corrected chi connectivity index (χ0v) is 8.89. The number of anilines is 1. The van der Waals surface area contributed by atoms with Gasteiger partial charge in [0, 0.05) is 25.4 Å². The SMILES string of the molecule is O=C(O)c1cnc(N2CC(Cl)CC2=O)nc1. The van der Waals surface area contributed by atoms with E-state index in [0.717, 1.165) is 0 Å². The highest BCUT2D eigenvalue weighted by molar-refractivity contribution is 6.24. The van der Waals surface area contributed by atoms with Crippen LogP contribution in [0, 0.1) is 0 Å². The number of carboxylic acid groups (broad SMARTS) is 1. The second kappa shape index (κ2) is 4.05. The van der Waals surface area contributed by atoms with E-state index in [0.29, 0.717) is 6.54 Å². The highest BCUT2D eigenvalue weighted by Gasteiger charge is 2.30. The first kappa shape index (κ1) is 10.8. The fourth-order valence-electron chi connectivity index (χ4n) is 1.43. The van der Waals surface area contributed by atoms with Crippen molar-refractivity contribution in [3.8, 4) is 0 Å². The lowest BCUT2D eigenvalue weighted by molar-refractivity contribution is -0.117. The predicted molar refractivity (Wildman–Crippen MR) is 55.6 cm³/mol. The highest BCUT2D eigenvalue weighted by atomic mass is 35.5. The lowest BCUT2D eigenvalue weighted by Crippen LogP contribution is -2.26. The topological polar surface area (TPSA) is 83.4 Å². The molecule has 1 aromatic heterocycles. The molecule has 1 atom stereocenters. The second-order valence-corrected chi connectivity index (χ2v) is 4.00. The van der Waals surface area contributed by atoms with Crippen molar-refractivity contribution in [2.45, 2.75) is 11.8 Å². The van der Waals surface area contributed by atoms with Gasteiger partial charge in [-0.05, 0) is 0 Å². The van der Waals surface area contributed by atoms with Crippen LogP contribution in [0.25, 0.3) is 0 Å². The molecule has 1 unspecified atom stereocenters. The maximum atomic E-state index is 11.4. The summed E-state index contributed by atoms with van der Waals surface area (Å²) in [7, 11) is 0. The summed E-state index contributed by atoms with van der Waals surface area (Å²) >= 11 is 5.82. The first-order chi connectivity index (χ1) is 7.58. The predicted octanol–water partition coefficient (Wildman–Crippen LogP) is 0.519. The molecule has 0 aliphatic carbocycles. The molecule has 1 aliphatic heterocycles. The Balaban J connectivity index is 2.22. The third-order valence-corrected chi connectivity index (χ3v) is 2.50. The van der Waals surface area contributed by atoms with E-state index in [4.69, 9.17) is 16.7 Å². The molecule has 2 heterocycles. The van der Waals surface area contributed by atoms with Crippen molar-refractivity contribution in [3.05, 3.63) is 18.0 Å². The number of halogens is 1. The minimum Gasteiger partial charge on any atom is -0.478 e. The first-order valence-corrected chi connectivity index (χ1v) is 5.01. The number of carbonyl (C=O) groups excluding carboxylic acids is 1. The summed E-state index contributed by atoms with van der Waals surface area (Å²) in [5, 5.41) is 8.41. The van der Waals surface area contributed by atoms with E-state index in [1.165, 1.54) is 17.3 Å². The monoisotopic (exact) mass is 241 g/mol. The molecular formula is C9H8ClN3O3. The molecular weight excluding hydrogens is 234 g/mol. The highest BCUT2D eigenvalue weighted by Crippen LogP contribution is 2.20. The van der Waals surface area contributed by atoms with Crippen LogP contribution >= 0.6 is 11.6 Å². The van der Waals surface area contributed by atoms with Crippen molar-refractivity contribution in [1.82, 2.24) is 9.97 Å². The van der Waals surface area contributed by atoms with Gasteiger partial charge in [-0.25, -0.2) is 14.8 Å². The Morgan fingerprint density at radius 2 is 2.12 bits per heavy atom. The molecule has 16 heavy (non-hydrogen) atoms. The van der Waals surface area contributed by atoms with Gasteiger partial charge in [0.1, 0.15) is 0 Å². The van der Waals surface area contributed by atoms with E-state index in [9.17, 15) is 9.59 Å². The summed E-state index contributed by atoms with van der Waals surface area (Å²) in [6, 6.07) is 0. The third kappa shape index (κ3) is 1.96. The van der Waals surface area contributed by atoms with Gasteiger partial charge in [0.15, 0.2) is 0 Å². The van der Waals surface area contributed by atoms with Crippen LogP contribution in [-0.2, 0) is 4.79 Å². The van der Waals surface area contributed by atoms with Crippen molar-refractivity contribution in [2.24, 2.45) is 0 Å². The largest absolute Gasteiger partial charge is 0.478 e. The Morgan fingerprint density at radius 1 is 1.50 bits per heavy atom. The molecule has 84 valence electrons. The number of hydrogen-bond donors (Lipinski definition) is 1. The molecule has 6 nitrogen and oxygen atoms in total. The Bertz CT molecular complexity index is 434. The average molecular weight is 242 g/mol. The summed E-state index contributed by atoms with van der Waals surface area (Å²) in [4.78, 5) is 31.0. The van der Waals surface area contributed by atoms with Gasteiger partial charge in [0.05, 0.1) is 10.9 Å². The molecule has 1 N–H and O–H groups in total. The fourth-order valence-corrected chi connectivity index (χ4v) is 1.70. The molecule has 1 amide bonds. The number of carboxylic acids is 1. The molecule has 0 spiro atoms. The first-order valence-electron chi connectivity index (χ1n) is 4.57. The number of carbonyl (C=O) groups is 2. The molecule has 2 rings (SSSR count). The number of amides is 1. The van der Waals surface area contributed by atoms with Gasteiger partial charge in [0.2, 0.25) is 11.9 Å². The van der Waals surface area contributed by atoms with Crippen molar-refractivity contribution < 1.29 is 14.7 Å². The Hall–Kier alpha value is -1.69. The molecule has 1 aromatic rings. The van der Waals surface area contributed by atoms with Crippen molar-refractivity contribution in [3.63, 3.8) is 0 Å². The number of hydrogen-bond acceptors (Lipinski definition) is 4. The summed E-state index contributed by atoms with van der Waals surface area (Å²) in [5.41, 5.74) is -0.0159. The lowest BCUT2D eigenvalue weighted by Gasteiger charge is -2.12. The van der Waals surface area contributed by atoms with E-state index < -0.39 is 5.97 Å². The van der Waals surface area contributed by atoms with Gasteiger partial charge in [0.25, 0.3) is 0 Å². The second-order valence-electron chi connectivity index (χ2n) is 3.38. The number of rotatable bonds is 2. The van der Waals surface area contributed by atoms with E-state index in [2.05, 4.69) is 9.97 Å². The van der Waals surface area contributed by atoms with E-state index >= 15 is 0 Å². The minimum absolute atomic E-state index is 0.0159. The Labute approximate surface area is 95.9 Å². The number of nitrogens with zero attached hydrogens (tertiary/aromatic N) is 3. The van der Waals surface area contributed by atoms with E-state index in [1.807, 2.05) is 0 Å². The minimum atomic E-state index is -1.10. The Kier molecular flexibility index (Phi) is 2.74. The van der Waals surface area contributed by atoms with Crippen LogP contribution in [0.15, 0.2) is 12.4 Å². The van der Waals surface area contributed by atoms with Gasteiger partial charge < -0.3 is 5.11 Å². The van der Waals surface area contributed by atoms with Crippen LogP contribution in [0.4, 0.5) is 5.95 Å². The van der Waals surface area contributed by atoms with Crippen LogP contribution in [0.5, 0.6) is 0 Å². The van der Waals surface area contributed by atoms with Crippen LogP contribution < -0.4 is 4.90 Å². The molecule has 0 radical (unpaired) electrons. The maximum absolute atomic E-state index is 11.4. The van der Waals surface area contributed by atoms with Crippen LogP contribution in [0.2, 0.25) is 0 Å². The molecule has 1 saturated heterocycles. The standard InChI is InChI=1S/C9H8ClN3O3/c10-6-1-7(14)13(4-6)9-11-2-5(3-12-9)8(15)16/h2-3,6H,1,4H2,(H,15,16). The maximum Gasteiger partial charge on any atom is 0.338 e. The fraction of sp³-hybridized carbons (Fsp3) is 0.333. The van der Waals surface area contributed by atoms with E-state index in [1.54, 1.807) is 0 Å². The third-order valence-electron chi connectivity index (χ3n) is 2.20. The molecule has 0 aromatic carbocycles. The smallest absolute Gasteiger partial charge is 0.338 e. The quantitative estimate of drug-likeness (QED) is 0.763. The molecule has 7 heteroatoms. The average Bonchev–Trinajstić information content (AvgIpc) is 2.58. The zero-order chi connectivity index (χ0) is 11.7. The van der Waals surface area contributed by atoms with Crippen LogP contribution in [0.1, 0.15) is 16.8 Å². The summed E-state index contributed by atoms with van der Waals surface area (Å²) < 4.78 is 0. The van der Waals surface area contributed by atoms with Gasteiger partial charge in [-0.15, -0.1) is 11.6 Å². The van der Waals surface area contributed by atoms with Crippen molar-refractivity contribution >= 4 is 29.4 Å². The normalized spacial score (nSPS) is 20.2. The molecule has 0 bridgehead atoms. The van der Waals surface area contributed by atoms with E-state index in [-0.39, 0.29) is 29.2 Å². The van der Waals surface area contributed by atoms with Gasteiger partial charge >= 0.3 is 5.97 Å². The molecule has 1 aliphatic rings. The van der Waals surface area contributed by atoms with Crippen LogP contribution in [0.3, 0.4) is 0 Å². The number of aromatic carboxylic acids is 1. The van der Waals surface area contributed by atoms with Gasteiger partial charge in [-0.1, -0.05) is 0 Å². The Morgan fingerprint density at radius 3 is 2.56 bits per heavy atom. The number of alkyl halides is 1. The summed E-state index contributed by atoms with van der Waals surface area (Å²) in [6.45, 7) is 0.354. The van der Waals surface area contributed by atoms with Crippen LogP contribution in [-0.4, -0.2) is 38.9 Å². The molecule has 0 saturated carbocycles. The summed E-state index contributed by atoms with van der Waals surface area (Å²) in [6.07, 6.45) is 2.59. The summed E-state index contributed by atoms with van der Waals surface area (Å²) in [5.74, 6) is -1.06. The van der Waals surface area contributed by atoms with Gasteiger partial charge in [-0.3, -0.25) is 9.69 Å².